The highest BCUT2D eigenvalue weighted by Gasteiger charge is 2.35. The van der Waals surface area contributed by atoms with Gasteiger partial charge >= 0.3 is 0 Å². The molecule has 0 spiro atoms. The number of hydrogen-bond acceptors (Lipinski definition) is 4. The summed E-state index contributed by atoms with van der Waals surface area (Å²) in [6.45, 7) is 5.28. The van der Waals surface area contributed by atoms with Crippen molar-refractivity contribution in [2.75, 3.05) is 44.7 Å². The zero-order valence-corrected chi connectivity index (χ0v) is 12.3. The number of hydrogen-bond donors (Lipinski definition) is 1. The standard InChI is InChI=1S/C16H25N3O/c1-20-16-5-3-2-4-15(16)19-10-8-18(9-11-19)14-7-6-13(14)12-17/h2-5,13-14H,6-12,17H2,1H3. The number of anilines is 1. The fourth-order valence-corrected chi connectivity index (χ4v) is 3.49. The van der Waals surface area contributed by atoms with Crippen LogP contribution in [0.3, 0.4) is 0 Å². The summed E-state index contributed by atoms with van der Waals surface area (Å²) in [6.07, 6.45) is 2.64. The number of nitrogens with two attached hydrogens (primary N) is 1. The van der Waals surface area contributed by atoms with E-state index in [-0.39, 0.29) is 0 Å². The molecular weight excluding hydrogens is 250 g/mol. The summed E-state index contributed by atoms with van der Waals surface area (Å²) in [5.41, 5.74) is 7.05. The molecule has 1 aliphatic heterocycles. The first-order valence-electron chi connectivity index (χ1n) is 7.65. The molecule has 3 rings (SSSR count). The lowest BCUT2D eigenvalue weighted by Gasteiger charge is -2.47. The van der Waals surface area contributed by atoms with Crippen molar-refractivity contribution in [2.24, 2.45) is 11.7 Å². The van der Waals surface area contributed by atoms with Crippen LogP contribution in [0.1, 0.15) is 12.8 Å². The molecule has 1 aromatic carbocycles. The molecule has 2 atom stereocenters. The van der Waals surface area contributed by atoms with Crippen LogP contribution in [0.4, 0.5) is 5.69 Å². The molecule has 1 aromatic rings. The number of rotatable bonds is 4. The van der Waals surface area contributed by atoms with E-state index in [9.17, 15) is 0 Å². The highest BCUT2D eigenvalue weighted by atomic mass is 16.5. The van der Waals surface area contributed by atoms with Gasteiger partial charge in [0.1, 0.15) is 5.75 Å². The molecule has 4 heteroatoms. The van der Waals surface area contributed by atoms with E-state index in [1.54, 1.807) is 7.11 Å². The smallest absolute Gasteiger partial charge is 0.142 e. The fourth-order valence-electron chi connectivity index (χ4n) is 3.49. The third-order valence-corrected chi connectivity index (χ3v) is 4.89. The minimum atomic E-state index is 0.729. The number of piperazine rings is 1. The van der Waals surface area contributed by atoms with Crippen LogP contribution in [0, 0.1) is 5.92 Å². The van der Waals surface area contributed by atoms with Gasteiger partial charge in [0.25, 0.3) is 0 Å². The Bertz CT molecular complexity index is 441. The Morgan fingerprint density at radius 3 is 2.50 bits per heavy atom. The Balaban J connectivity index is 1.61. The summed E-state index contributed by atoms with van der Waals surface area (Å²) in [4.78, 5) is 5.07. The van der Waals surface area contributed by atoms with Gasteiger partial charge in [-0.05, 0) is 37.4 Å². The summed E-state index contributed by atoms with van der Waals surface area (Å²) >= 11 is 0. The van der Waals surface area contributed by atoms with E-state index in [4.69, 9.17) is 10.5 Å². The van der Waals surface area contributed by atoms with Crippen molar-refractivity contribution in [3.8, 4) is 5.75 Å². The maximum Gasteiger partial charge on any atom is 0.142 e. The van der Waals surface area contributed by atoms with Crippen molar-refractivity contribution in [1.82, 2.24) is 4.90 Å². The molecule has 0 aromatic heterocycles. The minimum absolute atomic E-state index is 0.729. The molecule has 2 N–H and O–H groups in total. The Kier molecular flexibility index (Phi) is 4.13. The second-order valence-corrected chi connectivity index (χ2v) is 5.84. The van der Waals surface area contributed by atoms with Crippen LogP contribution in [-0.4, -0.2) is 50.8 Å². The Morgan fingerprint density at radius 1 is 1.15 bits per heavy atom. The van der Waals surface area contributed by atoms with E-state index >= 15 is 0 Å². The molecule has 0 amide bonds. The summed E-state index contributed by atoms with van der Waals surface area (Å²) < 4.78 is 5.47. The summed E-state index contributed by atoms with van der Waals surface area (Å²) in [6, 6.07) is 9.04. The quantitative estimate of drug-likeness (QED) is 0.905. The van der Waals surface area contributed by atoms with Gasteiger partial charge in [0.15, 0.2) is 0 Å². The molecule has 2 unspecified atom stereocenters. The molecule has 110 valence electrons. The molecule has 0 radical (unpaired) electrons. The maximum absolute atomic E-state index is 5.83. The maximum atomic E-state index is 5.83. The molecule has 1 saturated heterocycles. The van der Waals surface area contributed by atoms with Crippen molar-refractivity contribution >= 4 is 5.69 Å². The van der Waals surface area contributed by atoms with Gasteiger partial charge < -0.3 is 15.4 Å². The number of para-hydroxylation sites is 2. The van der Waals surface area contributed by atoms with E-state index in [0.717, 1.165) is 50.4 Å². The number of nitrogens with zero attached hydrogens (tertiary/aromatic N) is 2. The van der Waals surface area contributed by atoms with Gasteiger partial charge in [-0.1, -0.05) is 12.1 Å². The zero-order chi connectivity index (χ0) is 13.9. The van der Waals surface area contributed by atoms with E-state index < -0.39 is 0 Å². The van der Waals surface area contributed by atoms with Crippen LogP contribution in [0.15, 0.2) is 24.3 Å². The SMILES string of the molecule is COc1ccccc1N1CCN(C2CCC2CN)CC1. The van der Waals surface area contributed by atoms with Gasteiger partial charge in [-0.25, -0.2) is 0 Å². The zero-order valence-electron chi connectivity index (χ0n) is 12.3. The first-order valence-corrected chi connectivity index (χ1v) is 7.65. The van der Waals surface area contributed by atoms with E-state index in [1.807, 2.05) is 12.1 Å². The van der Waals surface area contributed by atoms with E-state index in [0.29, 0.717) is 0 Å². The van der Waals surface area contributed by atoms with Crippen molar-refractivity contribution in [3.05, 3.63) is 24.3 Å². The molecule has 20 heavy (non-hydrogen) atoms. The number of benzene rings is 1. The van der Waals surface area contributed by atoms with Gasteiger partial charge in [-0.3, -0.25) is 4.90 Å². The van der Waals surface area contributed by atoms with Gasteiger partial charge in [0.05, 0.1) is 12.8 Å². The van der Waals surface area contributed by atoms with Crippen LogP contribution in [0.25, 0.3) is 0 Å². The Morgan fingerprint density at radius 2 is 1.90 bits per heavy atom. The largest absolute Gasteiger partial charge is 0.495 e. The van der Waals surface area contributed by atoms with Crippen LogP contribution in [0.5, 0.6) is 5.75 Å². The van der Waals surface area contributed by atoms with Crippen molar-refractivity contribution in [1.29, 1.82) is 0 Å². The van der Waals surface area contributed by atoms with Crippen LogP contribution in [-0.2, 0) is 0 Å². The number of methoxy groups -OCH3 is 1. The van der Waals surface area contributed by atoms with Crippen molar-refractivity contribution < 1.29 is 4.74 Å². The van der Waals surface area contributed by atoms with E-state index in [1.165, 1.54) is 18.5 Å². The topological polar surface area (TPSA) is 41.7 Å². The normalized spacial score (nSPS) is 27.2. The fraction of sp³-hybridized carbons (Fsp3) is 0.625. The molecule has 4 nitrogen and oxygen atoms in total. The molecule has 0 bridgehead atoms. The molecule has 2 fully saturated rings. The molecule has 2 aliphatic rings. The second kappa shape index (κ2) is 6.02. The van der Waals surface area contributed by atoms with Gasteiger partial charge in [-0.2, -0.15) is 0 Å². The minimum Gasteiger partial charge on any atom is -0.495 e. The van der Waals surface area contributed by atoms with Crippen molar-refractivity contribution in [3.63, 3.8) is 0 Å². The van der Waals surface area contributed by atoms with Gasteiger partial charge in [-0.15, -0.1) is 0 Å². The Hall–Kier alpha value is -1.26. The Labute approximate surface area is 121 Å². The second-order valence-electron chi connectivity index (χ2n) is 5.84. The third kappa shape index (κ3) is 2.50. The summed E-state index contributed by atoms with van der Waals surface area (Å²) in [5, 5.41) is 0. The highest BCUT2D eigenvalue weighted by Crippen LogP contribution is 2.33. The van der Waals surface area contributed by atoms with E-state index in [2.05, 4.69) is 21.9 Å². The van der Waals surface area contributed by atoms with Crippen molar-refractivity contribution in [2.45, 2.75) is 18.9 Å². The van der Waals surface area contributed by atoms with Crippen LogP contribution in [0.2, 0.25) is 0 Å². The first-order chi connectivity index (χ1) is 9.83. The lowest BCUT2D eigenvalue weighted by molar-refractivity contribution is 0.0619. The average Bonchev–Trinajstić information content (AvgIpc) is 2.47. The predicted molar refractivity (Wildman–Crippen MR) is 82.3 cm³/mol. The lowest BCUT2D eigenvalue weighted by atomic mass is 9.78. The predicted octanol–water partition coefficient (Wildman–Crippen LogP) is 1.55. The summed E-state index contributed by atoms with van der Waals surface area (Å²) in [7, 11) is 1.75. The molecule has 1 aliphatic carbocycles. The first kappa shape index (κ1) is 13.7. The van der Waals surface area contributed by atoms with Crippen LogP contribution >= 0.6 is 0 Å². The molecule has 1 heterocycles. The third-order valence-electron chi connectivity index (χ3n) is 4.89. The lowest BCUT2D eigenvalue weighted by Crippen LogP contribution is -2.56. The number of ether oxygens (including phenoxy) is 1. The van der Waals surface area contributed by atoms with Gasteiger partial charge in [0, 0.05) is 32.2 Å². The van der Waals surface area contributed by atoms with Gasteiger partial charge in [0.2, 0.25) is 0 Å². The molecular formula is C16H25N3O. The monoisotopic (exact) mass is 275 g/mol. The average molecular weight is 275 g/mol. The highest BCUT2D eigenvalue weighted by molar-refractivity contribution is 5.58. The van der Waals surface area contributed by atoms with Crippen LogP contribution < -0.4 is 15.4 Å². The summed E-state index contributed by atoms with van der Waals surface area (Å²) in [5.74, 6) is 1.71. The molecule has 1 saturated carbocycles.